The lowest BCUT2D eigenvalue weighted by atomic mass is 9.96. The van der Waals surface area contributed by atoms with Gasteiger partial charge >= 0.3 is 0 Å². The Kier molecular flexibility index (Phi) is 5.95. The fourth-order valence-corrected chi connectivity index (χ4v) is 1.96. The second kappa shape index (κ2) is 7.10. The molecule has 1 heterocycles. The van der Waals surface area contributed by atoms with Crippen LogP contribution >= 0.6 is 11.3 Å². The number of thiazole rings is 1. The number of anilines is 1. The molecule has 1 aromatic rings. The number of hydrogen-bond acceptors (Lipinski definition) is 5. The number of nitrogens with zero attached hydrogens (tertiary/aromatic N) is 1. The highest BCUT2D eigenvalue weighted by molar-refractivity contribution is 7.13. The van der Waals surface area contributed by atoms with E-state index < -0.39 is 30.3 Å². The van der Waals surface area contributed by atoms with Crippen molar-refractivity contribution >= 4 is 28.3 Å². The standard InChI is InChI=1S/C13H20F2N4O2S/c1-12(2,3)10(21)19-11-18-8(5-22-11)4-9(20)17-7-13(14,15)6-16/h5H,4,6-7,16H2,1-3H3,(H,17,20)(H,18,19,21). The van der Waals surface area contributed by atoms with E-state index in [0.717, 1.165) is 0 Å². The normalized spacial score (nSPS) is 12.1. The molecular weight excluding hydrogens is 314 g/mol. The number of amides is 2. The number of alkyl halides is 2. The second-order valence-corrected chi connectivity index (χ2v) is 6.72. The summed E-state index contributed by atoms with van der Waals surface area (Å²) in [6.07, 6.45) is -0.136. The smallest absolute Gasteiger partial charge is 0.277 e. The minimum absolute atomic E-state index is 0.136. The van der Waals surface area contributed by atoms with E-state index >= 15 is 0 Å². The average molecular weight is 334 g/mol. The van der Waals surface area contributed by atoms with Crippen LogP contribution in [-0.2, 0) is 16.0 Å². The van der Waals surface area contributed by atoms with Crippen LogP contribution in [0, 0.1) is 5.41 Å². The molecule has 124 valence electrons. The van der Waals surface area contributed by atoms with E-state index in [1.807, 2.05) is 0 Å². The van der Waals surface area contributed by atoms with Gasteiger partial charge < -0.3 is 16.4 Å². The van der Waals surface area contributed by atoms with Gasteiger partial charge in [0.05, 0.1) is 25.2 Å². The molecule has 0 aliphatic heterocycles. The van der Waals surface area contributed by atoms with Crippen LogP contribution in [0.3, 0.4) is 0 Å². The Morgan fingerprint density at radius 1 is 1.36 bits per heavy atom. The van der Waals surface area contributed by atoms with Crippen LogP contribution < -0.4 is 16.4 Å². The molecule has 0 bridgehead atoms. The van der Waals surface area contributed by atoms with Gasteiger partial charge in [-0.1, -0.05) is 20.8 Å². The van der Waals surface area contributed by atoms with Gasteiger partial charge in [0.15, 0.2) is 5.13 Å². The van der Waals surface area contributed by atoms with Gasteiger partial charge in [-0.3, -0.25) is 9.59 Å². The number of hydrogen-bond donors (Lipinski definition) is 3. The van der Waals surface area contributed by atoms with Crippen LogP contribution in [0.15, 0.2) is 5.38 Å². The van der Waals surface area contributed by atoms with E-state index in [0.29, 0.717) is 10.8 Å². The van der Waals surface area contributed by atoms with Crippen molar-refractivity contribution in [2.75, 3.05) is 18.4 Å². The fourth-order valence-electron chi connectivity index (χ4n) is 1.26. The van der Waals surface area contributed by atoms with Gasteiger partial charge in [0, 0.05) is 10.8 Å². The summed E-state index contributed by atoms with van der Waals surface area (Å²) in [6, 6.07) is 0. The monoisotopic (exact) mass is 334 g/mol. The van der Waals surface area contributed by atoms with Gasteiger partial charge in [-0.05, 0) is 0 Å². The van der Waals surface area contributed by atoms with Gasteiger partial charge in [-0.2, -0.15) is 0 Å². The molecule has 1 rings (SSSR count). The molecule has 1 aromatic heterocycles. The number of nitrogens with two attached hydrogens (primary N) is 1. The molecule has 0 aromatic carbocycles. The maximum absolute atomic E-state index is 12.9. The summed E-state index contributed by atoms with van der Waals surface area (Å²) in [5, 5.41) is 6.71. The minimum atomic E-state index is -3.12. The molecule has 0 saturated carbocycles. The highest BCUT2D eigenvalue weighted by atomic mass is 32.1. The molecule has 0 aliphatic carbocycles. The molecule has 0 radical (unpaired) electrons. The van der Waals surface area contributed by atoms with Crippen LogP contribution in [0.4, 0.5) is 13.9 Å². The third-order valence-corrected chi connectivity index (χ3v) is 3.44. The van der Waals surface area contributed by atoms with Crippen molar-refractivity contribution in [3.63, 3.8) is 0 Å². The van der Waals surface area contributed by atoms with Crippen molar-refractivity contribution < 1.29 is 18.4 Å². The summed E-state index contributed by atoms with van der Waals surface area (Å²) >= 11 is 1.17. The summed E-state index contributed by atoms with van der Waals surface area (Å²) in [6.45, 7) is 3.67. The van der Waals surface area contributed by atoms with Crippen LogP contribution in [0.5, 0.6) is 0 Å². The molecule has 0 saturated heterocycles. The lowest BCUT2D eigenvalue weighted by Gasteiger charge is -2.15. The largest absolute Gasteiger partial charge is 0.350 e. The second-order valence-electron chi connectivity index (χ2n) is 5.86. The average Bonchev–Trinajstić information content (AvgIpc) is 2.83. The zero-order valence-electron chi connectivity index (χ0n) is 12.7. The first-order valence-corrected chi connectivity index (χ1v) is 7.52. The zero-order valence-corrected chi connectivity index (χ0v) is 13.5. The first-order valence-electron chi connectivity index (χ1n) is 6.64. The molecule has 22 heavy (non-hydrogen) atoms. The van der Waals surface area contributed by atoms with E-state index in [9.17, 15) is 18.4 Å². The number of carbonyl (C=O) groups is 2. The van der Waals surface area contributed by atoms with Crippen LogP contribution in [0.25, 0.3) is 0 Å². The number of rotatable bonds is 6. The number of carbonyl (C=O) groups excluding carboxylic acids is 2. The summed E-state index contributed by atoms with van der Waals surface area (Å²) in [5.41, 5.74) is 4.72. The van der Waals surface area contributed by atoms with Crippen LogP contribution in [-0.4, -0.2) is 35.8 Å². The molecule has 9 heteroatoms. The third-order valence-electron chi connectivity index (χ3n) is 2.64. The number of nitrogens with one attached hydrogen (secondary N) is 2. The Bertz CT molecular complexity index is 540. The Morgan fingerprint density at radius 3 is 2.55 bits per heavy atom. The number of aromatic nitrogens is 1. The van der Waals surface area contributed by atoms with Crippen molar-refractivity contribution in [1.82, 2.24) is 10.3 Å². The van der Waals surface area contributed by atoms with E-state index in [1.165, 1.54) is 11.3 Å². The predicted octanol–water partition coefficient (Wildman–Crippen LogP) is 1.38. The Hall–Kier alpha value is -1.61. The lowest BCUT2D eigenvalue weighted by molar-refractivity contribution is -0.123. The zero-order chi connectivity index (χ0) is 17.0. The predicted molar refractivity (Wildman–Crippen MR) is 80.9 cm³/mol. The Labute approximate surface area is 131 Å². The Morgan fingerprint density at radius 2 is 2.00 bits per heavy atom. The molecule has 4 N–H and O–H groups in total. The van der Waals surface area contributed by atoms with Gasteiger partial charge in [-0.25, -0.2) is 13.8 Å². The quantitative estimate of drug-likeness (QED) is 0.732. The van der Waals surface area contributed by atoms with Crippen molar-refractivity contribution in [3.05, 3.63) is 11.1 Å². The first kappa shape index (κ1) is 18.4. The van der Waals surface area contributed by atoms with Gasteiger partial charge in [0.2, 0.25) is 11.8 Å². The molecule has 0 fully saturated rings. The molecule has 0 spiro atoms. The van der Waals surface area contributed by atoms with Gasteiger partial charge in [-0.15, -0.1) is 11.3 Å². The van der Waals surface area contributed by atoms with Crippen LogP contribution in [0.1, 0.15) is 26.5 Å². The fraction of sp³-hybridized carbons (Fsp3) is 0.615. The third kappa shape index (κ3) is 6.02. The molecule has 6 nitrogen and oxygen atoms in total. The van der Waals surface area contributed by atoms with E-state index in [1.54, 1.807) is 26.2 Å². The summed E-state index contributed by atoms with van der Waals surface area (Å²) in [4.78, 5) is 27.4. The molecular formula is C13H20F2N4O2S. The summed E-state index contributed by atoms with van der Waals surface area (Å²) in [7, 11) is 0. The SMILES string of the molecule is CC(C)(C)C(=O)Nc1nc(CC(=O)NCC(F)(F)CN)cs1. The van der Waals surface area contributed by atoms with Crippen molar-refractivity contribution in [2.24, 2.45) is 11.1 Å². The molecule has 0 atom stereocenters. The van der Waals surface area contributed by atoms with Crippen molar-refractivity contribution in [3.8, 4) is 0 Å². The summed E-state index contributed by atoms with van der Waals surface area (Å²) in [5.74, 6) is -3.89. The molecule has 0 unspecified atom stereocenters. The maximum atomic E-state index is 12.9. The summed E-state index contributed by atoms with van der Waals surface area (Å²) < 4.78 is 25.8. The van der Waals surface area contributed by atoms with E-state index in [2.05, 4.69) is 15.6 Å². The van der Waals surface area contributed by atoms with Gasteiger partial charge in [0.1, 0.15) is 0 Å². The highest BCUT2D eigenvalue weighted by Gasteiger charge is 2.27. The molecule has 2 amide bonds. The minimum Gasteiger partial charge on any atom is -0.350 e. The highest BCUT2D eigenvalue weighted by Crippen LogP contribution is 2.20. The van der Waals surface area contributed by atoms with Crippen LogP contribution in [0.2, 0.25) is 0 Å². The van der Waals surface area contributed by atoms with E-state index in [-0.39, 0.29) is 12.3 Å². The van der Waals surface area contributed by atoms with Gasteiger partial charge in [0.25, 0.3) is 5.92 Å². The Balaban J connectivity index is 2.52. The van der Waals surface area contributed by atoms with E-state index in [4.69, 9.17) is 5.73 Å². The maximum Gasteiger partial charge on any atom is 0.277 e. The topological polar surface area (TPSA) is 97.1 Å². The van der Waals surface area contributed by atoms with Crippen molar-refractivity contribution in [2.45, 2.75) is 33.1 Å². The lowest BCUT2D eigenvalue weighted by Crippen LogP contribution is -2.42. The molecule has 0 aliphatic rings. The first-order chi connectivity index (χ1) is 10.0. The number of halogens is 2. The van der Waals surface area contributed by atoms with Crippen molar-refractivity contribution in [1.29, 1.82) is 0 Å².